The van der Waals surface area contributed by atoms with E-state index in [9.17, 15) is 40.5 Å². The minimum absolute atomic E-state index is 0.0580. The second-order valence-electron chi connectivity index (χ2n) is 13.0. The van der Waals surface area contributed by atoms with Crippen LogP contribution in [0.1, 0.15) is 104 Å². The van der Waals surface area contributed by atoms with E-state index >= 15 is 0 Å². The zero-order chi connectivity index (χ0) is 36.0. The maximum Gasteiger partial charge on any atom is 0.306 e. The lowest BCUT2D eigenvalue weighted by Crippen LogP contribution is -2.61. The lowest BCUT2D eigenvalue weighted by Gasteiger charge is -2.42. The number of rotatable bonds is 26. The van der Waals surface area contributed by atoms with Gasteiger partial charge in [-0.25, -0.2) is 0 Å². The molecule has 2 heterocycles. The Morgan fingerprint density at radius 1 is 0.653 bits per heavy atom. The molecule has 0 bridgehead atoms. The first-order valence-electron chi connectivity index (χ1n) is 18.3. The number of hydrogen-bond donors (Lipinski definition) is 7. The van der Waals surface area contributed by atoms with Gasteiger partial charge in [0.15, 0.2) is 12.6 Å². The third kappa shape index (κ3) is 16.3. The Morgan fingerprint density at radius 3 is 1.92 bits per heavy atom. The van der Waals surface area contributed by atoms with Crippen LogP contribution in [0.5, 0.6) is 0 Å². The molecule has 0 aromatic heterocycles. The maximum absolute atomic E-state index is 12.6. The van der Waals surface area contributed by atoms with E-state index in [0.717, 1.165) is 51.4 Å². The number of hydrogen-bond acceptors (Lipinski definition) is 14. The van der Waals surface area contributed by atoms with Gasteiger partial charge in [-0.05, 0) is 32.1 Å². The fourth-order valence-electron chi connectivity index (χ4n) is 5.64. The molecule has 0 spiro atoms. The van der Waals surface area contributed by atoms with E-state index in [1.807, 2.05) is 0 Å². The topological polar surface area (TPSA) is 214 Å². The molecule has 0 radical (unpaired) electrons. The van der Waals surface area contributed by atoms with E-state index in [1.165, 1.54) is 25.7 Å². The Labute approximate surface area is 291 Å². The number of aliphatic hydroxyl groups is 7. The molecule has 11 unspecified atom stereocenters. The molecule has 7 N–H and O–H groups in total. The third-order valence-electron chi connectivity index (χ3n) is 8.76. The fraction of sp³-hybridized carbons (Fsp3) is 0.914. The van der Waals surface area contributed by atoms with E-state index < -0.39 is 86.7 Å². The highest BCUT2D eigenvalue weighted by Crippen LogP contribution is 2.26. The quantitative estimate of drug-likeness (QED) is 0.0387. The van der Waals surface area contributed by atoms with Crippen LogP contribution in [-0.2, 0) is 33.2 Å². The van der Waals surface area contributed by atoms with E-state index in [4.69, 9.17) is 28.4 Å². The molecule has 0 amide bonds. The van der Waals surface area contributed by atoms with Crippen molar-refractivity contribution in [3.8, 4) is 0 Å². The average molecular weight is 709 g/mol. The summed E-state index contributed by atoms with van der Waals surface area (Å²) in [6, 6.07) is 0. The van der Waals surface area contributed by atoms with Gasteiger partial charge < -0.3 is 64.2 Å². The van der Waals surface area contributed by atoms with Crippen LogP contribution in [0.15, 0.2) is 12.2 Å². The molecular formula is C35H64O14. The van der Waals surface area contributed by atoms with Gasteiger partial charge in [0.25, 0.3) is 0 Å². The Kier molecular flexibility index (Phi) is 23.0. The van der Waals surface area contributed by atoms with Gasteiger partial charge >= 0.3 is 5.97 Å². The smallest absolute Gasteiger partial charge is 0.306 e. The minimum atomic E-state index is -1.70. The number of ether oxygens (including phenoxy) is 6. The van der Waals surface area contributed by atoms with Crippen molar-refractivity contribution in [3.63, 3.8) is 0 Å². The molecule has 2 rings (SSSR count). The van der Waals surface area contributed by atoms with Gasteiger partial charge in [-0.2, -0.15) is 0 Å². The molecule has 2 aliphatic rings. The lowest BCUT2D eigenvalue weighted by atomic mass is 9.98. The van der Waals surface area contributed by atoms with Crippen LogP contribution in [0.25, 0.3) is 0 Å². The van der Waals surface area contributed by atoms with Crippen LogP contribution < -0.4 is 0 Å². The van der Waals surface area contributed by atoms with Gasteiger partial charge in [-0.1, -0.05) is 77.4 Å². The van der Waals surface area contributed by atoms with E-state index in [0.29, 0.717) is 13.0 Å². The van der Waals surface area contributed by atoms with Crippen LogP contribution in [0, 0.1) is 0 Å². The summed E-state index contributed by atoms with van der Waals surface area (Å²) in [4.78, 5) is 12.6. The molecule has 14 heteroatoms. The normalized spacial score (nSPS) is 31.3. The van der Waals surface area contributed by atoms with Crippen molar-refractivity contribution in [2.75, 3.05) is 33.0 Å². The van der Waals surface area contributed by atoms with Crippen molar-refractivity contribution in [3.05, 3.63) is 12.2 Å². The second kappa shape index (κ2) is 25.6. The third-order valence-corrected chi connectivity index (χ3v) is 8.76. The molecule has 0 saturated carbocycles. The largest absolute Gasteiger partial charge is 0.457 e. The number of aliphatic hydroxyl groups excluding tert-OH is 7. The Bertz CT molecular complexity index is 875. The highest BCUT2D eigenvalue weighted by Gasteiger charge is 2.47. The van der Waals surface area contributed by atoms with Crippen LogP contribution in [0.2, 0.25) is 0 Å². The summed E-state index contributed by atoms with van der Waals surface area (Å²) in [5.41, 5.74) is 0. The van der Waals surface area contributed by atoms with Crippen LogP contribution in [-0.4, -0.2) is 142 Å². The molecule has 2 saturated heterocycles. The zero-order valence-electron chi connectivity index (χ0n) is 29.4. The van der Waals surface area contributed by atoms with Crippen molar-refractivity contribution in [2.45, 2.75) is 171 Å². The van der Waals surface area contributed by atoms with Crippen LogP contribution >= 0.6 is 0 Å². The van der Waals surface area contributed by atoms with Gasteiger partial charge in [0.2, 0.25) is 0 Å². The fourth-order valence-corrected chi connectivity index (χ4v) is 5.64. The average Bonchev–Trinajstić information content (AvgIpc) is 3.09. The maximum atomic E-state index is 12.6. The summed E-state index contributed by atoms with van der Waals surface area (Å²) in [6.45, 7) is 3.44. The van der Waals surface area contributed by atoms with Gasteiger partial charge in [-0.3, -0.25) is 4.79 Å². The van der Waals surface area contributed by atoms with Gasteiger partial charge in [0.05, 0.1) is 26.4 Å². The lowest BCUT2D eigenvalue weighted by molar-refractivity contribution is -0.332. The molecule has 49 heavy (non-hydrogen) atoms. The van der Waals surface area contributed by atoms with Crippen molar-refractivity contribution in [2.24, 2.45) is 0 Å². The van der Waals surface area contributed by atoms with E-state index in [2.05, 4.69) is 26.0 Å². The van der Waals surface area contributed by atoms with Crippen molar-refractivity contribution in [1.82, 2.24) is 0 Å². The zero-order valence-corrected chi connectivity index (χ0v) is 29.4. The number of carbonyl (C=O) groups excluding carboxylic acids is 1. The molecule has 11 atom stereocenters. The molecule has 0 aliphatic carbocycles. The summed E-state index contributed by atoms with van der Waals surface area (Å²) in [7, 11) is 0. The SMILES string of the molecule is CCC/C=C\CCCCCCCCOCC(COC1OC(COC2OC(CO)C(O)C(O)C2O)C(O)C(O)C1O)OC(=O)CCCCCC. The Hall–Kier alpha value is -1.27. The Morgan fingerprint density at radius 2 is 1.24 bits per heavy atom. The van der Waals surface area contributed by atoms with Crippen molar-refractivity contribution >= 4 is 5.97 Å². The summed E-state index contributed by atoms with van der Waals surface area (Å²) in [5.74, 6) is -0.399. The summed E-state index contributed by atoms with van der Waals surface area (Å²) in [5, 5.41) is 71.2. The molecule has 0 aromatic carbocycles. The van der Waals surface area contributed by atoms with Gasteiger partial charge in [-0.15, -0.1) is 0 Å². The molecule has 2 aliphatic heterocycles. The number of carbonyl (C=O) groups is 1. The number of unbranched alkanes of at least 4 members (excludes halogenated alkanes) is 10. The first-order chi connectivity index (χ1) is 23.6. The second-order valence-corrected chi connectivity index (χ2v) is 13.0. The standard InChI is InChI=1S/C35H64O14/c1-3-5-7-9-10-11-12-13-14-15-17-19-44-21-24(47-27(37)18-16-8-6-4-2)22-45-34-33(43)31(41)29(39)26(49-34)23-46-35-32(42)30(40)28(38)25(20-36)48-35/h7,9,24-26,28-36,38-43H,3-6,8,10-23H2,1-2H3/b9-7-. The predicted octanol–water partition coefficient (Wildman–Crippen LogP) is 1.61. The van der Waals surface area contributed by atoms with Crippen molar-refractivity contribution in [1.29, 1.82) is 0 Å². The first kappa shape index (κ1) is 43.9. The minimum Gasteiger partial charge on any atom is -0.457 e. The van der Waals surface area contributed by atoms with Gasteiger partial charge in [0, 0.05) is 13.0 Å². The summed E-state index contributed by atoms with van der Waals surface area (Å²) < 4.78 is 33.7. The first-order valence-corrected chi connectivity index (χ1v) is 18.3. The van der Waals surface area contributed by atoms with Crippen molar-refractivity contribution < 1.29 is 69.0 Å². The Balaban J connectivity index is 1.85. The monoisotopic (exact) mass is 708 g/mol. The predicted molar refractivity (Wildman–Crippen MR) is 178 cm³/mol. The molecular weight excluding hydrogens is 644 g/mol. The van der Waals surface area contributed by atoms with Crippen LogP contribution in [0.4, 0.5) is 0 Å². The molecule has 2 fully saturated rings. The summed E-state index contributed by atoms with van der Waals surface area (Å²) in [6.07, 6.45) is 2.31. The number of allylic oxidation sites excluding steroid dienone is 2. The van der Waals surface area contributed by atoms with E-state index in [1.54, 1.807) is 0 Å². The molecule has 288 valence electrons. The van der Waals surface area contributed by atoms with Crippen LogP contribution in [0.3, 0.4) is 0 Å². The molecule has 14 nitrogen and oxygen atoms in total. The highest BCUT2D eigenvalue weighted by atomic mass is 16.7. The number of esters is 1. The highest BCUT2D eigenvalue weighted by molar-refractivity contribution is 5.69. The van der Waals surface area contributed by atoms with E-state index in [-0.39, 0.29) is 19.6 Å². The summed E-state index contributed by atoms with van der Waals surface area (Å²) >= 11 is 0. The van der Waals surface area contributed by atoms with Gasteiger partial charge in [0.1, 0.15) is 54.9 Å². The molecule has 0 aromatic rings.